The fourth-order valence-corrected chi connectivity index (χ4v) is 3.22. The van der Waals surface area contributed by atoms with E-state index in [-0.39, 0.29) is 24.8 Å². The molecule has 3 rings (SSSR count). The first kappa shape index (κ1) is 20.4. The minimum absolute atomic E-state index is 0.129. The van der Waals surface area contributed by atoms with Crippen LogP contribution in [0.3, 0.4) is 0 Å². The monoisotopic (exact) mass is 396 g/mol. The molecule has 0 spiro atoms. The molecular weight excluding hydrogens is 372 g/mol. The van der Waals surface area contributed by atoms with E-state index in [1.165, 1.54) is 18.6 Å². The van der Waals surface area contributed by atoms with Crippen LogP contribution in [0.1, 0.15) is 28.9 Å². The largest absolute Gasteiger partial charge is 0.395 e. The average molecular weight is 396 g/mol. The molecule has 1 aliphatic rings. The number of nitrogens with zero attached hydrogens (tertiary/aromatic N) is 5. The van der Waals surface area contributed by atoms with Crippen molar-refractivity contribution in [2.75, 3.05) is 43.5 Å². The van der Waals surface area contributed by atoms with Crippen molar-refractivity contribution in [2.24, 2.45) is 0 Å². The Hall–Kier alpha value is -3.29. The van der Waals surface area contributed by atoms with Gasteiger partial charge in [0.1, 0.15) is 17.7 Å². The summed E-state index contributed by atoms with van der Waals surface area (Å²) in [7, 11) is 1.97. The predicted octanol–water partition coefficient (Wildman–Crippen LogP) is 0.397. The first-order valence-electron chi connectivity index (χ1n) is 9.44. The van der Waals surface area contributed by atoms with Crippen LogP contribution in [0.4, 0.5) is 17.3 Å². The number of pyridine rings is 1. The second kappa shape index (κ2) is 9.77. The maximum Gasteiger partial charge on any atom is 0.255 e. The summed E-state index contributed by atoms with van der Waals surface area (Å²) in [6.45, 7) is 1.90. The Morgan fingerprint density at radius 3 is 2.69 bits per heavy atom. The predicted molar refractivity (Wildman–Crippen MR) is 108 cm³/mol. The molecule has 29 heavy (non-hydrogen) atoms. The first-order valence-corrected chi connectivity index (χ1v) is 9.44. The van der Waals surface area contributed by atoms with Crippen LogP contribution in [-0.2, 0) is 0 Å². The number of aliphatic hydroxyl groups is 1. The maximum atomic E-state index is 12.6. The lowest BCUT2D eigenvalue weighted by Crippen LogP contribution is -2.42. The van der Waals surface area contributed by atoms with Gasteiger partial charge >= 0.3 is 0 Å². The summed E-state index contributed by atoms with van der Waals surface area (Å²) in [4.78, 5) is 27.1. The molecule has 1 amide bonds. The Kier molecular flexibility index (Phi) is 6.89. The van der Waals surface area contributed by atoms with Crippen molar-refractivity contribution < 1.29 is 9.90 Å². The van der Waals surface area contributed by atoms with E-state index in [1.807, 2.05) is 13.1 Å². The zero-order chi connectivity index (χ0) is 20.6. The Morgan fingerprint density at radius 2 is 2.03 bits per heavy atom. The number of nitriles is 1. The Morgan fingerprint density at radius 1 is 1.28 bits per heavy atom. The number of aliphatic hydroxyl groups excluding tert-OH is 1. The molecule has 1 saturated heterocycles. The topological polar surface area (TPSA) is 139 Å². The molecule has 3 heterocycles. The minimum Gasteiger partial charge on any atom is -0.395 e. The van der Waals surface area contributed by atoms with Gasteiger partial charge in [-0.2, -0.15) is 5.26 Å². The van der Waals surface area contributed by atoms with Crippen LogP contribution in [0.5, 0.6) is 0 Å². The van der Waals surface area contributed by atoms with Crippen LogP contribution < -0.4 is 20.9 Å². The smallest absolute Gasteiger partial charge is 0.255 e. The number of rotatable bonds is 7. The van der Waals surface area contributed by atoms with Gasteiger partial charge in [-0.25, -0.2) is 15.0 Å². The zero-order valence-electron chi connectivity index (χ0n) is 16.2. The third kappa shape index (κ3) is 5.16. The third-order valence-electron chi connectivity index (χ3n) is 4.78. The molecule has 0 saturated carbocycles. The summed E-state index contributed by atoms with van der Waals surface area (Å²) in [6.07, 6.45) is 6.29. The molecule has 2 aromatic rings. The van der Waals surface area contributed by atoms with Crippen LogP contribution >= 0.6 is 0 Å². The van der Waals surface area contributed by atoms with E-state index < -0.39 is 0 Å². The van der Waals surface area contributed by atoms with Crippen LogP contribution in [-0.4, -0.2) is 65.3 Å². The van der Waals surface area contributed by atoms with Crippen molar-refractivity contribution in [2.45, 2.75) is 18.9 Å². The number of hydrogen-bond donors (Lipinski definition) is 4. The van der Waals surface area contributed by atoms with Crippen molar-refractivity contribution in [3.05, 3.63) is 35.9 Å². The molecule has 4 N–H and O–H groups in total. The molecule has 0 bridgehead atoms. The molecule has 0 aromatic carbocycles. The van der Waals surface area contributed by atoms with Gasteiger partial charge in [0.25, 0.3) is 5.91 Å². The summed E-state index contributed by atoms with van der Waals surface area (Å²) < 4.78 is 0. The fourth-order valence-electron chi connectivity index (χ4n) is 3.22. The molecule has 2 aromatic heterocycles. The van der Waals surface area contributed by atoms with Crippen LogP contribution in [0.2, 0.25) is 0 Å². The highest BCUT2D eigenvalue weighted by atomic mass is 16.3. The van der Waals surface area contributed by atoms with Gasteiger partial charge in [0.15, 0.2) is 5.69 Å². The standard InChI is InChI=1S/C19H24N8O2/c1-27(14-2-4-21-5-3-14)16-8-17(25-11-15(16)19(29)22-6-7-28)26-18-12-23-13(9-20)10-24-18/h8,10-12,14,21,28H,2-7H2,1H3,(H,22,29)(H,24,25,26). The van der Waals surface area contributed by atoms with Crippen LogP contribution in [0.15, 0.2) is 24.7 Å². The zero-order valence-corrected chi connectivity index (χ0v) is 16.2. The highest BCUT2D eigenvalue weighted by molar-refractivity contribution is 6.00. The quantitative estimate of drug-likeness (QED) is 0.523. The van der Waals surface area contributed by atoms with Crippen molar-refractivity contribution in [3.8, 4) is 6.07 Å². The van der Waals surface area contributed by atoms with E-state index >= 15 is 0 Å². The molecule has 0 radical (unpaired) electrons. The summed E-state index contributed by atoms with van der Waals surface area (Å²) in [6, 6.07) is 4.02. The number of amides is 1. The number of aromatic nitrogens is 3. The molecule has 0 aliphatic carbocycles. The van der Waals surface area contributed by atoms with Crippen molar-refractivity contribution in [1.29, 1.82) is 5.26 Å². The van der Waals surface area contributed by atoms with E-state index in [0.717, 1.165) is 31.6 Å². The highest BCUT2D eigenvalue weighted by Gasteiger charge is 2.23. The summed E-state index contributed by atoms with van der Waals surface area (Å²) in [5, 5.41) is 26.9. The Balaban J connectivity index is 1.88. The fraction of sp³-hybridized carbons (Fsp3) is 0.421. The molecule has 10 heteroatoms. The second-order valence-corrected chi connectivity index (χ2v) is 6.68. The van der Waals surface area contributed by atoms with E-state index in [4.69, 9.17) is 10.4 Å². The van der Waals surface area contributed by atoms with E-state index in [9.17, 15) is 4.79 Å². The van der Waals surface area contributed by atoms with Gasteiger partial charge in [0, 0.05) is 31.9 Å². The SMILES string of the molecule is CN(c1cc(Nc2cnc(C#N)cn2)ncc1C(=O)NCCO)C1CCNCC1. The van der Waals surface area contributed by atoms with Gasteiger partial charge < -0.3 is 26.0 Å². The van der Waals surface area contributed by atoms with Gasteiger partial charge in [-0.1, -0.05) is 0 Å². The van der Waals surface area contributed by atoms with Crippen molar-refractivity contribution >= 4 is 23.2 Å². The molecule has 0 atom stereocenters. The second-order valence-electron chi connectivity index (χ2n) is 6.68. The molecule has 10 nitrogen and oxygen atoms in total. The first-order chi connectivity index (χ1) is 14.1. The highest BCUT2D eigenvalue weighted by Crippen LogP contribution is 2.27. The Labute approximate surface area is 169 Å². The molecule has 1 fully saturated rings. The summed E-state index contributed by atoms with van der Waals surface area (Å²) in [5.74, 6) is 0.676. The maximum absolute atomic E-state index is 12.6. The average Bonchev–Trinajstić information content (AvgIpc) is 2.78. The Bertz CT molecular complexity index is 875. The van der Waals surface area contributed by atoms with Crippen molar-refractivity contribution in [1.82, 2.24) is 25.6 Å². The van der Waals surface area contributed by atoms with Gasteiger partial charge in [-0.3, -0.25) is 4.79 Å². The molecule has 152 valence electrons. The van der Waals surface area contributed by atoms with Crippen LogP contribution in [0.25, 0.3) is 0 Å². The number of hydrogen-bond acceptors (Lipinski definition) is 9. The number of carbonyl (C=O) groups is 1. The van der Waals surface area contributed by atoms with Crippen LogP contribution in [0, 0.1) is 11.3 Å². The molecule has 0 unspecified atom stereocenters. The lowest BCUT2D eigenvalue weighted by atomic mass is 10.0. The van der Waals surface area contributed by atoms with E-state index in [0.29, 0.717) is 23.2 Å². The minimum atomic E-state index is -0.285. The summed E-state index contributed by atoms with van der Waals surface area (Å²) >= 11 is 0. The van der Waals surface area contributed by atoms with Gasteiger partial charge in [0.2, 0.25) is 0 Å². The number of carbonyl (C=O) groups excluding carboxylic acids is 1. The lowest BCUT2D eigenvalue weighted by Gasteiger charge is -2.34. The van der Waals surface area contributed by atoms with Gasteiger partial charge in [0.05, 0.1) is 30.3 Å². The molecular formula is C19H24N8O2. The molecule has 1 aliphatic heterocycles. The van der Waals surface area contributed by atoms with Gasteiger partial charge in [-0.05, 0) is 25.9 Å². The number of anilines is 3. The normalized spacial score (nSPS) is 14.1. The third-order valence-corrected chi connectivity index (χ3v) is 4.78. The van der Waals surface area contributed by atoms with E-state index in [2.05, 4.69) is 35.8 Å². The van der Waals surface area contributed by atoms with Gasteiger partial charge in [-0.15, -0.1) is 0 Å². The number of piperidine rings is 1. The van der Waals surface area contributed by atoms with Crippen molar-refractivity contribution in [3.63, 3.8) is 0 Å². The summed E-state index contributed by atoms with van der Waals surface area (Å²) in [5.41, 5.74) is 1.41. The lowest BCUT2D eigenvalue weighted by molar-refractivity contribution is 0.0945. The number of nitrogens with one attached hydrogen (secondary N) is 3. The van der Waals surface area contributed by atoms with E-state index in [1.54, 1.807) is 6.07 Å².